The topological polar surface area (TPSA) is 90.9 Å². The number of halogens is 1. The van der Waals surface area contributed by atoms with Gasteiger partial charge in [-0.25, -0.2) is 9.37 Å². The number of hydrogen-bond acceptors (Lipinski definition) is 6. The lowest BCUT2D eigenvalue weighted by Gasteiger charge is -2.11. The third-order valence-corrected chi connectivity index (χ3v) is 3.23. The van der Waals surface area contributed by atoms with Gasteiger partial charge in [-0.15, -0.1) is 0 Å². The molecule has 0 saturated heterocycles. The number of aryl methyl sites for hydroxylation is 1. The van der Waals surface area contributed by atoms with Gasteiger partial charge in [-0.1, -0.05) is 0 Å². The van der Waals surface area contributed by atoms with Crippen molar-refractivity contribution < 1.29 is 4.39 Å². The summed E-state index contributed by atoms with van der Waals surface area (Å²) in [7, 11) is 0. The minimum Gasteiger partial charge on any atom is -0.382 e. The second-order valence-electron chi connectivity index (χ2n) is 4.91. The Balaban J connectivity index is 1.64. The van der Waals surface area contributed by atoms with Crippen LogP contribution >= 0.6 is 0 Å². The summed E-state index contributed by atoms with van der Waals surface area (Å²) in [6, 6.07) is 7.93. The van der Waals surface area contributed by atoms with Gasteiger partial charge in [0.15, 0.2) is 0 Å². The largest absolute Gasteiger partial charge is 0.382 e. The molecule has 0 saturated carbocycles. The summed E-state index contributed by atoms with van der Waals surface area (Å²) in [5, 5.41) is 19.5. The Kier molecular flexibility index (Phi) is 4.01. The van der Waals surface area contributed by atoms with Gasteiger partial charge >= 0.3 is 0 Å². The molecule has 0 aliphatic carbocycles. The summed E-state index contributed by atoms with van der Waals surface area (Å²) in [5.41, 5.74) is 1.72. The van der Waals surface area contributed by atoms with E-state index < -0.39 is 5.82 Å². The number of anilines is 2. The van der Waals surface area contributed by atoms with Crippen LogP contribution in [0.3, 0.4) is 0 Å². The Labute approximate surface area is 131 Å². The van der Waals surface area contributed by atoms with E-state index in [-0.39, 0.29) is 5.56 Å². The van der Waals surface area contributed by atoms with Crippen molar-refractivity contribution in [2.24, 2.45) is 0 Å². The molecule has 116 valence electrons. The van der Waals surface area contributed by atoms with E-state index in [0.717, 1.165) is 11.5 Å². The number of nitrogens with zero attached hydrogens (tertiary/aromatic N) is 5. The zero-order valence-corrected chi connectivity index (χ0v) is 12.4. The van der Waals surface area contributed by atoms with Crippen LogP contribution in [0, 0.1) is 24.1 Å². The van der Waals surface area contributed by atoms with Crippen LogP contribution in [0.1, 0.15) is 11.3 Å². The first-order valence-electron chi connectivity index (χ1n) is 7.02. The second kappa shape index (κ2) is 6.27. The van der Waals surface area contributed by atoms with Gasteiger partial charge in [-0.05, 0) is 25.1 Å². The number of rotatable bonds is 5. The van der Waals surface area contributed by atoms with Crippen molar-refractivity contribution in [1.82, 2.24) is 19.6 Å². The van der Waals surface area contributed by atoms with Crippen LogP contribution in [0.5, 0.6) is 0 Å². The molecule has 0 atom stereocenters. The fourth-order valence-electron chi connectivity index (χ4n) is 2.21. The van der Waals surface area contributed by atoms with Gasteiger partial charge in [-0.3, -0.25) is 0 Å². The highest BCUT2D eigenvalue weighted by molar-refractivity contribution is 5.57. The summed E-state index contributed by atoms with van der Waals surface area (Å²) >= 11 is 0. The maximum atomic E-state index is 13.1. The molecule has 3 aromatic rings. The first-order valence-corrected chi connectivity index (χ1v) is 7.02. The highest BCUT2D eigenvalue weighted by Gasteiger charge is 2.06. The summed E-state index contributed by atoms with van der Waals surface area (Å²) in [6.07, 6.45) is 1.45. The average molecular weight is 311 g/mol. The summed E-state index contributed by atoms with van der Waals surface area (Å²) in [6.45, 7) is 3.02. The highest BCUT2D eigenvalue weighted by Crippen LogP contribution is 2.15. The number of benzene rings is 1. The molecule has 1 aromatic carbocycles. The summed E-state index contributed by atoms with van der Waals surface area (Å²) < 4.78 is 14.7. The Morgan fingerprint density at radius 3 is 2.91 bits per heavy atom. The van der Waals surface area contributed by atoms with E-state index in [1.807, 2.05) is 19.1 Å². The quantitative estimate of drug-likeness (QED) is 0.700. The third-order valence-electron chi connectivity index (χ3n) is 3.23. The first kappa shape index (κ1) is 14.7. The molecule has 0 unspecified atom stereocenters. The predicted molar refractivity (Wildman–Crippen MR) is 83.6 cm³/mol. The average Bonchev–Trinajstić information content (AvgIpc) is 3.00. The maximum absolute atomic E-state index is 13.1. The molecule has 0 fully saturated rings. The molecular weight excluding hydrogens is 297 g/mol. The normalized spacial score (nSPS) is 10.5. The van der Waals surface area contributed by atoms with Crippen molar-refractivity contribution in [1.29, 1.82) is 5.26 Å². The summed E-state index contributed by atoms with van der Waals surface area (Å²) in [5.74, 6) is 0.892. The maximum Gasteiger partial charge on any atom is 0.254 e. The van der Waals surface area contributed by atoms with Crippen LogP contribution in [0.25, 0.3) is 5.78 Å². The number of fused-ring (bicyclic) bond motifs is 1. The van der Waals surface area contributed by atoms with Crippen molar-refractivity contribution in [3.05, 3.63) is 47.7 Å². The Bertz CT molecular complexity index is 881. The minimum absolute atomic E-state index is 0.281. The van der Waals surface area contributed by atoms with Crippen molar-refractivity contribution in [3.63, 3.8) is 0 Å². The monoisotopic (exact) mass is 311 g/mol. The fourth-order valence-corrected chi connectivity index (χ4v) is 2.21. The Hall–Kier alpha value is -3.21. The van der Waals surface area contributed by atoms with E-state index >= 15 is 0 Å². The van der Waals surface area contributed by atoms with Crippen LogP contribution in [0.2, 0.25) is 0 Å². The first-order chi connectivity index (χ1) is 11.2. The number of hydrogen-bond donors (Lipinski definition) is 2. The van der Waals surface area contributed by atoms with Crippen molar-refractivity contribution in [2.45, 2.75) is 6.92 Å². The highest BCUT2D eigenvalue weighted by atomic mass is 19.1. The van der Waals surface area contributed by atoms with E-state index in [1.54, 1.807) is 10.6 Å². The van der Waals surface area contributed by atoms with Gasteiger partial charge in [0.25, 0.3) is 5.78 Å². The third kappa shape index (κ3) is 3.18. The smallest absolute Gasteiger partial charge is 0.254 e. The van der Waals surface area contributed by atoms with Gasteiger partial charge in [0, 0.05) is 24.8 Å². The van der Waals surface area contributed by atoms with E-state index in [0.29, 0.717) is 24.6 Å². The van der Waals surface area contributed by atoms with Gasteiger partial charge in [0.2, 0.25) is 0 Å². The lowest BCUT2D eigenvalue weighted by molar-refractivity contribution is 0.627. The lowest BCUT2D eigenvalue weighted by Crippen LogP contribution is -2.16. The van der Waals surface area contributed by atoms with Gasteiger partial charge < -0.3 is 10.6 Å². The van der Waals surface area contributed by atoms with Crippen molar-refractivity contribution in [3.8, 4) is 6.07 Å². The molecule has 3 rings (SSSR count). The van der Waals surface area contributed by atoms with E-state index in [9.17, 15) is 4.39 Å². The van der Waals surface area contributed by atoms with Gasteiger partial charge in [0.1, 0.15) is 24.0 Å². The van der Waals surface area contributed by atoms with E-state index in [1.165, 1.54) is 18.5 Å². The van der Waals surface area contributed by atoms with Crippen LogP contribution in [0.15, 0.2) is 30.6 Å². The molecular formula is C15H14FN7. The fraction of sp³-hybridized carbons (Fsp3) is 0.200. The number of nitriles is 1. The zero-order chi connectivity index (χ0) is 16.2. The molecule has 0 spiro atoms. The standard InChI is InChI=1S/C15H14FN7/c1-10-6-14(23-15(22-10)20-9-21-23)19-5-4-18-13-3-2-12(16)7-11(13)8-17/h2-3,6-7,9,18-19H,4-5H2,1H3. The molecule has 0 amide bonds. The number of nitrogens with one attached hydrogen (secondary N) is 2. The predicted octanol–water partition coefficient (Wildman–Crippen LogP) is 1.97. The molecule has 2 heterocycles. The molecule has 0 radical (unpaired) electrons. The minimum atomic E-state index is -0.425. The SMILES string of the molecule is Cc1cc(NCCNc2ccc(F)cc2C#N)n2ncnc2n1. The van der Waals surface area contributed by atoms with Crippen molar-refractivity contribution in [2.75, 3.05) is 23.7 Å². The molecule has 0 aliphatic rings. The summed E-state index contributed by atoms with van der Waals surface area (Å²) in [4.78, 5) is 8.33. The number of aromatic nitrogens is 4. The zero-order valence-electron chi connectivity index (χ0n) is 12.4. The molecule has 23 heavy (non-hydrogen) atoms. The Morgan fingerprint density at radius 1 is 1.26 bits per heavy atom. The second-order valence-corrected chi connectivity index (χ2v) is 4.91. The van der Waals surface area contributed by atoms with E-state index in [2.05, 4.69) is 25.7 Å². The Morgan fingerprint density at radius 2 is 2.09 bits per heavy atom. The van der Waals surface area contributed by atoms with Crippen LogP contribution in [-0.4, -0.2) is 32.7 Å². The van der Waals surface area contributed by atoms with E-state index in [4.69, 9.17) is 5.26 Å². The molecule has 2 aromatic heterocycles. The lowest BCUT2D eigenvalue weighted by atomic mass is 10.2. The molecule has 2 N–H and O–H groups in total. The van der Waals surface area contributed by atoms with Crippen LogP contribution in [0.4, 0.5) is 15.9 Å². The van der Waals surface area contributed by atoms with Crippen LogP contribution in [-0.2, 0) is 0 Å². The van der Waals surface area contributed by atoms with Crippen molar-refractivity contribution >= 4 is 17.3 Å². The molecule has 8 heteroatoms. The van der Waals surface area contributed by atoms with Gasteiger partial charge in [0.05, 0.1) is 11.3 Å². The molecule has 0 bridgehead atoms. The molecule has 0 aliphatic heterocycles. The van der Waals surface area contributed by atoms with Gasteiger partial charge in [-0.2, -0.15) is 19.9 Å². The molecule has 7 nitrogen and oxygen atoms in total. The van der Waals surface area contributed by atoms with Crippen LogP contribution < -0.4 is 10.6 Å².